The zero-order valence-corrected chi connectivity index (χ0v) is 12.6. The van der Waals surface area contributed by atoms with Crippen LogP contribution in [0, 0.1) is 0 Å². The molecule has 1 aliphatic carbocycles. The molecule has 0 radical (unpaired) electrons. The van der Waals surface area contributed by atoms with E-state index in [1.54, 1.807) is 19.2 Å². The molecule has 0 unspecified atom stereocenters. The van der Waals surface area contributed by atoms with Crippen molar-refractivity contribution in [3.05, 3.63) is 18.3 Å². The number of hydrogen-bond donors (Lipinski definition) is 2. The van der Waals surface area contributed by atoms with E-state index in [1.807, 2.05) is 0 Å². The quantitative estimate of drug-likeness (QED) is 0.794. The van der Waals surface area contributed by atoms with Gasteiger partial charge in [0.25, 0.3) is 0 Å². The molecule has 0 bridgehead atoms. The molecule has 1 heterocycles. The zero-order valence-electron chi connectivity index (χ0n) is 11.8. The van der Waals surface area contributed by atoms with Crippen LogP contribution in [-0.4, -0.2) is 39.2 Å². The van der Waals surface area contributed by atoms with Gasteiger partial charge in [0, 0.05) is 25.9 Å². The lowest BCUT2D eigenvalue weighted by molar-refractivity contribution is 0.0236. The lowest BCUT2D eigenvalue weighted by Gasteiger charge is -2.34. The first-order valence-corrected chi connectivity index (χ1v) is 8.28. The normalized spacial score (nSPS) is 22.3. The van der Waals surface area contributed by atoms with Crippen molar-refractivity contribution in [2.24, 2.45) is 0 Å². The molecule has 20 heavy (non-hydrogen) atoms. The molecule has 2 N–H and O–H groups in total. The number of ether oxygens (including phenoxy) is 1. The largest absolute Gasteiger partial charge is 0.381 e. The summed E-state index contributed by atoms with van der Waals surface area (Å²) in [4.78, 5) is 4.30. The number of sulfonamides is 1. The van der Waals surface area contributed by atoms with E-state index in [0.29, 0.717) is 5.82 Å². The molecule has 1 aromatic heterocycles. The number of nitrogens with zero attached hydrogens (tertiary/aromatic N) is 1. The van der Waals surface area contributed by atoms with Gasteiger partial charge in [-0.3, -0.25) is 0 Å². The van der Waals surface area contributed by atoms with E-state index in [0.717, 1.165) is 25.8 Å². The van der Waals surface area contributed by atoms with Gasteiger partial charge < -0.3 is 10.1 Å². The highest BCUT2D eigenvalue weighted by Crippen LogP contribution is 2.24. The van der Waals surface area contributed by atoms with E-state index < -0.39 is 10.0 Å². The molecular weight excluding hydrogens is 278 g/mol. The standard InChI is InChI=1S/C13H21N3O3S/c1-3-6-14-13-5-4-12(9-15-13)20(17,18)16-10-7-11(8-10)19-2/h4-5,9-11,16H,3,6-8H2,1-2H3,(H,14,15). The number of methoxy groups -OCH3 is 1. The third-order valence-electron chi connectivity index (χ3n) is 3.35. The molecule has 0 saturated heterocycles. The molecule has 0 atom stereocenters. The topological polar surface area (TPSA) is 80.3 Å². The molecule has 1 aliphatic rings. The SMILES string of the molecule is CCCNc1ccc(S(=O)(=O)NC2CC(OC)C2)cn1. The van der Waals surface area contributed by atoms with E-state index in [9.17, 15) is 8.42 Å². The van der Waals surface area contributed by atoms with E-state index in [-0.39, 0.29) is 17.0 Å². The number of hydrogen-bond acceptors (Lipinski definition) is 5. The van der Waals surface area contributed by atoms with E-state index in [4.69, 9.17) is 4.74 Å². The van der Waals surface area contributed by atoms with Crippen LogP contribution < -0.4 is 10.0 Å². The Bertz CT molecular complexity index is 524. The van der Waals surface area contributed by atoms with Gasteiger partial charge in [0.1, 0.15) is 10.7 Å². The molecule has 0 aliphatic heterocycles. The second kappa shape index (κ2) is 6.51. The van der Waals surface area contributed by atoms with Crippen molar-refractivity contribution in [2.45, 2.75) is 43.2 Å². The van der Waals surface area contributed by atoms with Crippen LogP contribution in [0.5, 0.6) is 0 Å². The van der Waals surface area contributed by atoms with Crippen LogP contribution in [0.3, 0.4) is 0 Å². The predicted octanol–water partition coefficient (Wildman–Crippen LogP) is 1.36. The molecule has 0 spiro atoms. The molecular formula is C13H21N3O3S. The first kappa shape index (κ1) is 15.2. The van der Waals surface area contributed by atoms with Gasteiger partial charge >= 0.3 is 0 Å². The first-order chi connectivity index (χ1) is 9.55. The van der Waals surface area contributed by atoms with E-state index >= 15 is 0 Å². The third-order valence-corrected chi connectivity index (χ3v) is 4.86. The average molecular weight is 299 g/mol. The fourth-order valence-corrected chi connectivity index (χ4v) is 3.24. The fourth-order valence-electron chi connectivity index (χ4n) is 2.04. The summed E-state index contributed by atoms with van der Waals surface area (Å²) in [7, 11) is -1.84. The highest BCUT2D eigenvalue weighted by molar-refractivity contribution is 7.89. The Balaban J connectivity index is 1.95. The maximum absolute atomic E-state index is 12.1. The molecule has 6 nitrogen and oxygen atoms in total. The van der Waals surface area contributed by atoms with Gasteiger partial charge in [-0.25, -0.2) is 18.1 Å². The van der Waals surface area contributed by atoms with E-state index in [1.165, 1.54) is 6.20 Å². The van der Waals surface area contributed by atoms with Crippen LogP contribution >= 0.6 is 0 Å². The Labute approximate surface area is 120 Å². The van der Waals surface area contributed by atoms with Crippen molar-refractivity contribution < 1.29 is 13.2 Å². The summed E-state index contributed by atoms with van der Waals surface area (Å²) in [5, 5.41) is 3.11. The van der Waals surface area contributed by atoms with Crippen LogP contribution in [0.4, 0.5) is 5.82 Å². The lowest BCUT2D eigenvalue weighted by Crippen LogP contribution is -2.47. The molecule has 2 rings (SSSR count). The second-order valence-electron chi connectivity index (χ2n) is 4.95. The Morgan fingerprint density at radius 1 is 1.40 bits per heavy atom. The second-order valence-corrected chi connectivity index (χ2v) is 6.67. The van der Waals surface area contributed by atoms with Crippen molar-refractivity contribution in [1.29, 1.82) is 0 Å². The predicted molar refractivity (Wildman–Crippen MR) is 77.2 cm³/mol. The minimum atomic E-state index is -3.49. The van der Waals surface area contributed by atoms with Gasteiger partial charge in [-0.05, 0) is 31.4 Å². The van der Waals surface area contributed by atoms with Crippen molar-refractivity contribution in [2.75, 3.05) is 19.0 Å². The van der Waals surface area contributed by atoms with E-state index in [2.05, 4.69) is 21.9 Å². The molecule has 1 fully saturated rings. The van der Waals surface area contributed by atoms with Gasteiger partial charge in [-0.15, -0.1) is 0 Å². The molecule has 0 amide bonds. The molecule has 7 heteroatoms. The number of anilines is 1. The van der Waals surface area contributed by atoms with Gasteiger partial charge in [-0.2, -0.15) is 0 Å². The van der Waals surface area contributed by atoms with Crippen LogP contribution in [0.1, 0.15) is 26.2 Å². The Morgan fingerprint density at radius 2 is 2.15 bits per heavy atom. The lowest BCUT2D eigenvalue weighted by atomic mass is 9.90. The van der Waals surface area contributed by atoms with Gasteiger partial charge in [0.15, 0.2) is 0 Å². The first-order valence-electron chi connectivity index (χ1n) is 6.80. The molecule has 0 aromatic carbocycles. The average Bonchev–Trinajstić information content (AvgIpc) is 2.40. The van der Waals surface area contributed by atoms with Crippen LogP contribution in [-0.2, 0) is 14.8 Å². The minimum absolute atomic E-state index is 0.0390. The van der Waals surface area contributed by atoms with Gasteiger partial charge in [-0.1, -0.05) is 6.92 Å². The smallest absolute Gasteiger partial charge is 0.242 e. The Hall–Kier alpha value is -1.18. The Morgan fingerprint density at radius 3 is 2.70 bits per heavy atom. The fraction of sp³-hybridized carbons (Fsp3) is 0.615. The molecule has 112 valence electrons. The summed E-state index contributed by atoms with van der Waals surface area (Å²) < 4.78 is 32.1. The summed E-state index contributed by atoms with van der Waals surface area (Å²) in [6.45, 7) is 2.87. The molecule has 1 saturated carbocycles. The number of nitrogens with one attached hydrogen (secondary N) is 2. The Kier molecular flexibility index (Phi) is 4.95. The van der Waals surface area contributed by atoms with Gasteiger partial charge in [0.2, 0.25) is 10.0 Å². The maximum Gasteiger partial charge on any atom is 0.242 e. The van der Waals surface area contributed by atoms with Crippen molar-refractivity contribution in [3.63, 3.8) is 0 Å². The van der Waals surface area contributed by atoms with Crippen molar-refractivity contribution in [3.8, 4) is 0 Å². The minimum Gasteiger partial charge on any atom is -0.381 e. The van der Waals surface area contributed by atoms with Crippen molar-refractivity contribution >= 4 is 15.8 Å². The number of aromatic nitrogens is 1. The highest BCUT2D eigenvalue weighted by atomic mass is 32.2. The summed E-state index contributed by atoms with van der Waals surface area (Å²) in [6.07, 6.45) is 3.98. The van der Waals surface area contributed by atoms with Gasteiger partial charge in [0.05, 0.1) is 6.10 Å². The number of rotatable bonds is 7. The summed E-state index contributed by atoms with van der Waals surface area (Å²) in [6, 6.07) is 3.21. The van der Waals surface area contributed by atoms with Crippen LogP contribution in [0.15, 0.2) is 23.2 Å². The summed E-state index contributed by atoms with van der Waals surface area (Å²) in [5.41, 5.74) is 0. The van der Waals surface area contributed by atoms with Crippen LogP contribution in [0.2, 0.25) is 0 Å². The van der Waals surface area contributed by atoms with Crippen LogP contribution in [0.25, 0.3) is 0 Å². The summed E-state index contributed by atoms with van der Waals surface area (Å²) >= 11 is 0. The molecule has 1 aromatic rings. The third kappa shape index (κ3) is 3.68. The number of pyridine rings is 1. The van der Waals surface area contributed by atoms with Crippen molar-refractivity contribution in [1.82, 2.24) is 9.71 Å². The monoisotopic (exact) mass is 299 g/mol. The highest BCUT2D eigenvalue weighted by Gasteiger charge is 2.32. The maximum atomic E-state index is 12.1. The summed E-state index contributed by atoms with van der Waals surface area (Å²) in [5.74, 6) is 0.689. The zero-order chi connectivity index (χ0) is 14.6.